The Labute approximate surface area is 133 Å². The van der Waals surface area contributed by atoms with Gasteiger partial charge in [0.25, 0.3) is 0 Å². The van der Waals surface area contributed by atoms with Gasteiger partial charge in [0.15, 0.2) is 0 Å². The fraction of sp³-hybridized carbons (Fsp3) is 1.00. The fourth-order valence-corrected chi connectivity index (χ4v) is 2.64. The van der Waals surface area contributed by atoms with Crippen LogP contribution in [0.25, 0.3) is 0 Å². The van der Waals surface area contributed by atoms with Crippen molar-refractivity contribution in [1.29, 1.82) is 0 Å². The van der Waals surface area contributed by atoms with Crippen molar-refractivity contribution in [1.82, 2.24) is 0 Å². The van der Waals surface area contributed by atoms with Crippen LogP contribution in [-0.4, -0.2) is 24.9 Å². The molecule has 0 aromatic heterocycles. The molecule has 0 atom stereocenters. The first-order chi connectivity index (χ1) is 10.4. The van der Waals surface area contributed by atoms with E-state index < -0.39 is 0 Å². The van der Waals surface area contributed by atoms with E-state index in [1.807, 2.05) is 0 Å². The molecule has 0 fully saturated rings. The highest BCUT2D eigenvalue weighted by Crippen LogP contribution is 2.11. The highest BCUT2D eigenvalue weighted by molar-refractivity contribution is 4.48. The smallest absolute Gasteiger partial charge is 0.0466 e. The molecule has 2 nitrogen and oxygen atoms in total. The molecule has 0 aromatic carbocycles. The minimum absolute atomic E-state index is 0.333. The molecule has 0 heterocycles. The van der Waals surface area contributed by atoms with Crippen molar-refractivity contribution < 1.29 is 9.84 Å². The quantitative estimate of drug-likeness (QED) is 0.321. The molecule has 0 spiro atoms. The molecule has 0 aliphatic rings. The number of aliphatic hydroxyl groups excluding tert-OH is 1. The average molecular weight is 301 g/mol. The molecule has 0 aliphatic heterocycles. The van der Waals surface area contributed by atoms with Crippen LogP contribution in [0.1, 0.15) is 103 Å². The molecule has 0 amide bonds. The SMILES string of the molecule is CCCCCCCCCCCCCOCCCCCCO. The molecule has 0 rings (SSSR count). The molecule has 0 aliphatic carbocycles. The fourth-order valence-electron chi connectivity index (χ4n) is 2.64. The number of hydrogen-bond acceptors (Lipinski definition) is 2. The molecule has 0 saturated carbocycles. The summed E-state index contributed by atoms with van der Waals surface area (Å²) in [5, 5.41) is 8.66. The number of unbranched alkanes of at least 4 members (excludes halogenated alkanes) is 13. The Kier molecular flexibility index (Phi) is 19.8. The molecular weight excluding hydrogens is 260 g/mol. The van der Waals surface area contributed by atoms with Crippen molar-refractivity contribution in [3.63, 3.8) is 0 Å². The summed E-state index contributed by atoms with van der Waals surface area (Å²) in [7, 11) is 0. The van der Waals surface area contributed by atoms with Gasteiger partial charge in [-0.3, -0.25) is 0 Å². The first-order valence-electron chi connectivity index (χ1n) is 9.60. The average Bonchev–Trinajstić information content (AvgIpc) is 2.50. The maximum atomic E-state index is 8.66. The zero-order chi connectivity index (χ0) is 15.4. The Morgan fingerprint density at radius 1 is 0.524 bits per heavy atom. The van der Waals surface area contributed by atoms with E-state index in [2.05, 4.69) is 6.92 Å². The second-order valence-corrected chi connectivity index (χ2v) is 6.29. The maximum absolute atomic E-state index is 8.66. The van der Waals surface area contributed by atoms with Crippen molar-refractivity contribution in [2.45, 2.75) is 103 Å². The maximum Gasteiger partial charge on any atom is 0.0466 e. The van der Waals surface area contributed by atoms with E-state index in [-0.39, 0.29) is 0 Å². The summed E-state index contributed by atoms with van der Waals surface area (Å²) in [6.45, 7) is 4.46. The van der Waals surface area contributed by atoms with E-state index >= 15 is 0 Å². The number of rotatable bonds is 18. The Morgan fingerprint density at radius 2 is 0.905 bits per heavy atom. The van der Waals surface area contributed by atoms with E-state index in [1.54, 1.807) is 0 Å². The van der Waals surface area contributed by atoms with Gasteiger partial charge in [0.05, 0.1) is 0 Å². The van der Waals surface area contributed by atoms with Gasteiger partial charge in [-0.2, -0.15) is 0 Å². The van der Waals surface area contributed by atoms with Crippen LogP contribution in [0.5, 0.6) is 0 Å². The minimum atomic E-state index is 0.333. The Morgan fingerprint density at radius 3 is 1.33 bits per heavy atom. The first-order valence-corrected chi connectivity index (χ1v) is 9.60. The van der Waals surface area contributed by atoms with Crippen molar-refractivity contribution in [3.05, 3.63) is 0 Å². The second kappa shape index (κ2) is 19.9. The summed E-state index contributed by atoms with van der Waals surface area (Å²) < 4.78 is 5.63. The van der Waals surface area contributed by atoms with Crippen LogP contribution >= 0.6 is 0 Å². The van der Waals surface area contributed by atoms with E-state index in [4.69, 9.17) is 9.84 Å². The lowest BCUT2D eigenvalue weighted by Crippen LogP contribution is -1.97. The van der Waals surface area contributed by atoms with Crippen molar-refractivity contribution in [2.75, 3.05) is 19.8 Å². The van der Waals surface area contributed by atoms with Gasteiger partial charge < -0.3 is 9.84 Å². The number of aliphatic hydroxyl groups is 1. The molecule has 0 aromatic rings. The lowest BCUT2D eigenvalue weighted by Gasteiger charge is -2.05. The Balaban J connectivity index is 2.90. The lowest BCUT2D eigenvalue weighted by atomic mass is 10.1. The normalized spacial score (nSPS) is 11.1. The number of ether oxygens (including phenoxy) is 1. The van der Waals surface area contributed by atoms with Gasteiger partial charge in [0.1, 0.15) is 0 Å². The van der Waals surface area contributed by atoms with Gasteiger partial charge in [0.2, 0.25) is 0 Å². The highest BCUT2D eigenvalue weighted by atomic mass is 16.5. The largest absolute Gasteiger partial charge is 0.396 e. The van der Waals surface area contributed by atoms with E-state index in [0.717, 1.165) is 32.5 Å². The molecule has 128 valence electrons. The molecule has 2 heteroatoms. The van der Waals surface area contributed by atoms with Crippen molar-refractivity contribution in [2.24, 2.45) is 0 Å². The Bertz CT molecular complexity index is 153. The summed E-state index contributed by atoms with van der Waals surface area (Å²) in [6.07, 6.45) is 19.7. The van der Waals surface area contributed by atoms with Crippen LogP contribution in [0, 0.1) is 0 Å². The first kappa shape index (κ1) is 20.9. The zero-order valence-corrected chi connectivity index (χ0v) is 14.6. The minimum Gasteiger partial charge on any atom is -0.396 e. The predicted octanol–water partition coefficient (Wildman–Crippen LogP) is 5.87. The van der Waals surface area contributed by atoms with Crippen molar-refractivity contribution >= 4 is 0 Å². The molecule has 0 bridgehead atoms. The lowest BCUT2D eigenvalue weighted by molar-refractivity contribution is 0.125. The standard InChI is InChI=1S/C19H40O2/c1-2-3-4-5-6-7-8-9-10-12-15-18-21-19-16-13-11-14-17-20/h20H,2-19H2,1H3. The molecule has 1 N–H and O–H groups in total. The third kappa shape index (κ3) is 19.9. The van der Waals surface area contributed by atoms with E-state index in [0.29, 0.717) is 6.61 Å². The summed E-state index contributed by atoms with van der Waals surface area (Å²) >= 11 is 0. The Hall–Kier alpha value is -0.0800. The van der Waals surface area contributed by atoms with Crippen LogP contribution in [0.4, 0.5) is 0 Å². The summed E-state index contributed by atoms with van der Waals surface area (Å²) in [6, 6.07) is 0. The van der Waals surface area contributed by atoms with Crippen LogP contribution < -0.4 is 0 Å². The molecule has 21 heavy (non-hydrogen) atoms. The van der Waals surface area contributed by atoms with Gasteiger partial charge in [0, 0.05) is 19.8 Å². The van der Waals surface area contributed by atoms with E-state index in [1.165, 1.54) is 77.0 Å². The summed E-state index contributed by atoms with van der Waals surface area (Å²) in [5.74, 6) is 0. The third-order valence-electron chi connectivity index (χ3n) is 4.09. The third-order valence-corrected chi connectivity index (χ3v) is 4.09. The van der Waals surface area contributed by atoms with Crippen LogP contribution in [0.2, 0.25) is 0 Å². The summed E-state index contributed by atoms with van der Waals surface area (Å²) in [4.78, 5) is 0. The van der Waals surface area contributed by atoms with Gasteiger partial charge in [-0.25, -0.2) is 0 Å². The van der Waals surface area contributed by atoms with Crippen molar-refractivity contribution in [3.8, 4) is 0 Å². The van der Waals surface area contributed by atoms with Gasteiger partial charge in [-0.1, -0.05) is 84.0 Å². The van der Waals surface area contributed by atoms with Crippen LogP contribution in [0.3, 0.4) is 0 Å². The summed E-state index contributed by atoms with van der Waals surface area (Å²) in [5.41, 5.74) is 0. The highest BCUT2D eigenvalue weighted by Gasteiger charge is 1.94. The molecule has 0 saturated heterocycles. The topological polar surface area (TPSA) is 29.5 Å². The van der Waals surface area contributed by atoms with Gasteiger partial charge >= 0.3 is 0 Å². The molecule has 0 unspecified atom stereocenters. The molecular formula is C19H40O2. The van der Waals surface area contributed by atoms with Crippen LogP contribution in [0.15, 0.2) is 0 Å². The zero-order valence-electron chi connectivity index (χ0n) is 14.6. The molecule has 0 radical (unpaired) electrons. The monoisotopic (exact) mass is 300 g/mol. The van der Waals surface area contributed by atoms with Gasteiger partial charge in [-0.05, 0) is 19.3 Å². The van der Waals surface area contributed by atoms with Gasteiger partial charge in [-0.15, -0.1) is 0 Å². The van der Waals surface area contributed by atoms with E-state index in [9.17, 15) is 0 Å². The second-order valence-electron chi connectivity index (χ2n) is 6.29. The predicted molar refractivity (Wildman–Crippen MR) is 92.8 cm³/mol. The number of hydrogen-bond donors (Lipinski definition) is 1. The van der Waals surface area contributed by atoms with Crippen LogP contribution in [-0.2, 0) is 4.74 Å².